The number of sulfonamides is 1. The summed E-state index contributed by atoms with van der Waals surface area (Å²) in [7, 11) is -2.53. The number of rotatable bonds is 4. The van der Waals surface area contributed by atoms with Gasteiger partial charge in [0.25, 0.3) is 0 Å². The van der Waals surface area contributed by atoms with Crippen LogP contribution in [-0.4, -0.2) is 43.2 Å². The first-order valence-corrected chi connectivity index (χ1v) is 7.81. The van der Waals surface area contributed by atoms with Crippen molar-refractivity contribution in [2.75, 3.05) is 7.05 Å². The molecule has 2 heterocycles. The monoisotopic (exact) mass is 312 g/mol. The number of nitrogens with zero attached hydrogens (tertiary/aromatic N) is 2. The molecule has 1 saturated heterocycles. The zero-order chi connectivity index (χ0) is 15.6. The molecular weight excluding hydrogens is 296 g/mol. The lowest BCUT2D eigenvalue weighted by Crippen LogP contribution is -2.52. The molecule has 0 aromatic carbocycles. The number of likely N-dealkylation sites (N-methyl/N-ethyl adjacent to an activating group) is 1. The average Bonchev–Trinajstić information content (AvgIpc) is 2.48. The van der Waals surface area contributed by atoms with Gasteiger partial charge in [-0.3, -0.25) is 19.5 Å². The summed E-state index contributed by atoms with van der Waals surface area (Å²) in [5.41, 5.74) is 5.96. The maximum absolute atomic E-state index is 12.2. The third kappa shape index (κ3) is 3.26. The van der Waals surface area contributed by atoms with E-state index in [1.807, 2.05) is 0 Å². The first-order valence-electron chi connectivity index (χ1n) is 6.33. The van der Waals surface area contributed by atoms with Gasteiger partial charge in [0.2, 0.25) is 21.8 Å². The van der Waals surface area contributed by atoms with Crippen molar-refractivity contribution >= 4 is 21.8 Å². The summed E-state index contributed by atoms with van der Waals surface area (Å²) in [4.78, 5) is 28.1. The summed E-state index contributed by atoms with van der Waals surface area (Å²) in [5.74, 6) is -0.870. The molecule has 0 spiro atoms. The Morgan fingerprint density at radius 1 is 1.43 bits per heavy atom. The molecule has 2 amide bonds. The Kier molecular flexibility index (Phi) is 4.35. The molecule has 0 radical (unpaired) electrons. The second-order valence-electron chi connectivity index (χ2n) is 4.69. The Morgan fingerprint density at radius 2 is 2.14 bits per heavy atom. The summed E-state index contributed by atoms with van der Waals surface area (Å²) >= 11 is 0. The molecule has 8 nitrogen and oxygen atoms in total. The molecule has 0 aliphatic carbocycles. The predicted octanol–water partition coefficient (Wildman–Crippen LogP) is -1.03. The molecule has 1 aliphatic rings. The molecule has 1 aromatic heterocycles. The van der Waals surface area contributed by atoms with Crippen molar-refractivity contribution in [1.82, 2.24) is 14.6 Å². The Labute approximate surface area is 122 Å². The molecular formula is C12H16N4O4S. The van der Waals surface area contributed by atoms with Crippen LogP contribution < -0.4 is 10.5 Å². The van der Waals surface area contributed by atoms with E-state index in [0.29, 0.717) is 5.69 Å². The highest BCUT2D eigenvalue weighted by atomic mass is 32.2. The first kappa shape index (κ1) is 15.5. The lowest BCUT2D eigenvalue weighted by atomic mass is 10.1. The van der Waals surface area contributed by atoms with Crippen molar-refractivity contribution in [3.05, 3.63) is 24.0 Å². The molecule has 114 valence electrons. The minimum absolute atomic E-state index is 0.0490. The van der Waals surface area contributed by atoms with Gasteiger partial charge in [0, 0.05) is 26.2 Å². The smallest absolute Gasteiger partial charge is 0.247 e. The number of nitrogens with two attached hydrogens (primary N) is 1. The van der Waals surface area contributed by atoms with Crippen LogP contribution in [0.15, 0.2) is 23.2 Å². The van der Waals surface area contributed by atoms with Gasteiger partial charge in [0.05, 0.1) is 5.69 Å². The summed E-state index contributed by atoms with van der Waals surface area (Å²) in [6, 6.07) is 1.94. The SMILES string of the molecule is CN1C(=O)CCC(NS(=O)(=O)c2ccc(CN)nc2)C1=O. The van der Waals surface area contributed by atoms with Crippen LogP contribution in [-0.2, 0) is 26.2 Å². The quantitative estimate of drug-likeness (QED) is 0.685. The number of hydrogen-bond acceptors (Lipinski definition) is 6. The van der Waals surface area contributed by atoms with Gasteiger partial charge in [-0.15, -0.1) is 0 Å². The van der Waals surface area contributed by atoms with E-state index in [2.05, 4.69) is 9.71 Å². The Hall–Kier alpha value is -1.84. The second kappa shape index (κ2) is 5.88. The van der Waals surface area contributed by atoms with Gasteiger partial charge in [0.1, 0.15) is 10.9 Å². The number of nitrogens with one attached hydrogen (secondary N) is 1. The Balaban J connectivity index is 2.17. The summed E-state index contributed by atoms with van der Waals surface area (Å²) in [5, 5.41) is 0. The van der Waals surface area contributed by atoms with Crippen molar-refractivity contribution in [1.29, 1.82) is 0 Å². The summed E-state index contributed by atoms with van der Waals surface area (Å²) in [6.45, 7) is 0.210. The van der Waals surface area contributed by atoms with Gasteiger partial charge in [-0.1, -0.05) is 0 Å². The van der Waals surface area contributed by atoms with Crippen LogP contribution in [0.2, 0.25) is 0 Å². The highest BCUT2D eigenvalue weighted by molar-refractivity contribution is 7.89. The minimum atomic E-state index is -3.87. The number of imide groups is 1. The molecule has 0 bridgehead atoms. The van der Waals surface area contributed by atoms with Crippen LogP contribution in [0.25, 0.3) is 0 Å². The van der Waals surface area contributed by atoms with Crippen LogP contribution in [0, 0.1) is 0 Å². The molecule has 1 fully saturated rings. The van der Waals surface area contributed by atoms with Gasteiger partial charge in [-0.05, 0) is 18.6 Å². The Morgan fingerprint density at radius 3 is 2.71 bits per heavy atom. The topological polar surface area (TPSA) is 122 Å². The number of pyridine rings is 1. The van der Waals surface area contributed by atoms with Crippen LogP contribution in [0.3, 0.4) is 0 Å². The van der Waals surface area contributed by atoms with E-state index in [1.54, 1.807) is 0 Å². The van der Waals surface area contributed by atoms with E-state index in [-0.39, 0.29) is 30.2 Å². The molecule has 1 atom stereocenters. The van der Waals surface area contributed by atoms with Crippen molar-refractivity contribution in [3.8, 4) is 0 Å². The molecule has 21 heavy (non-hydrogen) atoms. The minimum Gasteiger partial charge on any atom is -0.325 e. The van der Waals surface area contributed by atoms with Crippen LogP contribution in [0.1, 0.15) is 18.5 Å². The standard InChI is InChI=1S/C12H16N4O4S/c1-16-11(17)5-4-10(12(16)18)15-21(19,20)9-3-2-8(6-13)14-7-9/h2-3,7,10,15H,4-6,13H2,1H3. The summed E-state index contributed by atoms with van der Waals surface area (Å²) in [6.07, 6.45) is 1.46. The molecule has 1 unspecified atom stereocenters. The fraction of sp³-hybridized carbons (Fsp3) is 0.417. The number of hydrogen-bond donors (Lipinski definition) is 2. The Bertz CT molecular complexity index is 656. The van der Waals surface area contributed by atoms with Gasteiger partial charge in [0.15, 0.2) is 0 Å². The molecule has 1 aromatic rings. The molecule has 9 heteroatoms. The van der Waals surface area contributed by atoms with Crippen LogP contribution in [0.5, 0.6) is 0 Å². The molecule has 3 N–H and O–H groups in total. The fourth-order valence-corrected chi connectivity index (χ4v) is 3.14. The second-order valence-corrected chi connectivity index (χ2v) is 6.41. The average molecular weight is 312 g/mol. The van der Waals surface area contributed by atoms with E-state index >= 15 is 0 Å². The molecule has 2 rings (SSSR count). The van der Waals surface area contributed by atoms with Crippen LogP contribution >= 0.6 is 0 Å². The van der Waals surface area contributed by atoms with Gasteiger partial charge in [-0.25, -0.2) is 8.42 Å². The van der Waals surface area contributed by atoms with E-state index in [0.717, 1.165) is 4.90 Å². The normalized spacial score (nSPS) is 19.9. The van der Waals surface area contributed by atoms with E-state index in [1.165, 1.54) is 25.4 Å². The fourth-order valence-electron chi connectivity index (χ4n) is 1.97. The predicted molar refractivity (Wildman–Crippen MR) is 73.2 cm³/mol. The zero-order valence-electron chi connectivity index (χ0n) is 11.4. The molecule has 1 aliphatic heterocycles. The summed E-state index contributed by atoms with van der Waals surface area (Å²) < 4.78 is 26.7. The van der Waals surface area contributed by atoms with E-state index in [9.17, 15) is 18.0 Å². The number of carbonyl (C=O) groups is 2. The third-order valence-corrected chi connectivity index (χ3v) is 4.72. The molecule has 0 saturated carbocycles. The lowest BCUT2D eigenvalue weighted by Gasteiger charge is -2.27. The largest absolute Gasteiger partial charge is 0.325 e. The number of aromatic nitrogens is 1. The third-order valence-electron chi connectivity index (χ3n) is 3.26. The van der Waals surface area contributed by atoms with Crippen LogP contribution in [0.4, 0.5) is 0 Å². The van der Waals surface area contributed by atoms with Gasteiger partial charge >= 0.3 is 0 Å². The van der Waals surface area contributed by atoms with Gasteiger partial charge < -0.3 is 5.73 Å². The lowest BCUT2D eigenvalue weighted by molar-refractivity contribution is -0.147. The van der Waals surface area contributed by atoms with E-state index < -0.39 is 22.0 Å². The van der Waals surface area contributed by atoms with Gasteiger partial charge in [-0.2, -0.15) is 4.72 Å². The van der Waals surface area contributed by atoms with Crippen molar-refractivity contribution in [3.63, 3.8) is 0 Å². The van der Waals surface area contributed by atoms with Crippen molar-refractivity contribution in [2.45, 2.75) is 30.3 Å². The highest BCUT2D eigenvalue weighted by Crippen LogP contribution is 2.15. The number of carbonyl (C=O) groups excluding carboxylic acids is 2. The number of amides is 2. The maximum Gasteiger partial charge on any atom is 0.247 e. The number of likely N-dealkylation sites (tertiary alicyclic amines) is 1. The first-order chi connectivity index (χ1) is 9.85. The maximum atomic E-state index is 12.2. The highest BCUT2D eigenvalue weighted by Gasteiger charge is 2.34. The van der Waals surface area contributed by atoms with Crippen molar-refractivity contribution < 1.29 is 18.0 Å². The number of piperidine rings is 1. The zero-order valence-corrected chi connectivity index (χ0v) is 12.3. The van der Waals surface area contributed by atoms with Crippen molar-refractivity contribution in [2.24, 2.45) is 5.73 Å². The van der Waals surface area contributed by atoms with E-state index in [4.69, 9.17) is 5.73 Å².